The van der Waals surface area contributed by atoms with E-state index in [1.165, 1.54) is 0 Å². The quantitative estimate of drug-likeness (QED) is 0.617. The van der Waals surface area contributed by atoms with Crippen LogP contribution in [0.1, 0.15) is 27.6 Å². The van der Waals surface area contributed by atoms with E-state index in [4.69, 9.17) is 0 Å². The van der Waals surface area contributed by atoms with Crippen molar-refractivity contribution < 1.29 is 19.2 Å². The summed E-state index contributed by atoms with van der Waals surface area (Å²) in [4.78, 5) is 54.0. The van der Waals surface area contributed by atoms with E-state index >= 15 is 0 Å². The molecule has 0 radical (unpaired) electrons. The molecule has 0 aromatic heterocycles. The Morgan fingerprint density at radius 1 is 0.815 bits per heavy atom. The third-order valence-electron chi connectivity index (χ3n) is 5.96. The number of para-hydroxylation sites is 1. The maximum absolute atomic E-state index is 13.3. The summed E-state index contributed by atoms with van der Waals surface area (Å²) >= 11 is 0. The Morgan fingerprint density at radius 3 is 1.96 bits per heavy atom. The third kappa shape index (κ3) is 1.78. The predicted molar refractivity (Wildman–Crippen MR) is 96.3 cm³/mol. The van der Waals surface area contributed by atoms with E-state index in [9.17, 15) is 19.2 Å². The number of rotatable bonds is 1. The fraction of sp³-hybridized carbons (Fsp3) is 0.238. The molecular weight excluding hydrogens is 344 g/mol. The smallest absolute Gasteiger partial charge is 0.240 e. The zero-order chi connectivity index (χ0) is 18.9. The van der Waals surface area contributed by atoms with Crippen molar-refractivity contribution in [1.82, 2.24) is 5.32 Å². The summed E-state index contributed by atoms with van der Waals surface area (Å²) < 4.78 is 0. The molecule has 6 nitrogen and oxygen atoms in total. The van der Waals surface area contributed by atoms with Crippen molar-refractivity contribution in [2.45, 2.75) is 18.5 Å². The number of Topliss-reactive ketones (excluding diaryl/α,β-unsaturated/α-hetero) is 2. The largest absolute Gasteiger partial charge is 0.294 e. The molecule has 134 valence electrons. The van der Waals surface area contributed by atoms with Crippen LogP contribution in [0.15, 0.2) is 54.6 Å². The van der Waals surface area contributed by atoms with E-state index in [0.29, 0.717) is 16.8 Å². The lowest BCUT2D eigenvalue weighted by molar-refractivity contribution is -0.123. The van der Waals surface area contributed by atoms with Crippen LogP contribution in [0.4, 0.5) is 5.69 Å². The first kappa shape index (κ1) is 16.1. The van der Waals surface area contributed by atoms with Crippen LogP contribution in [0.25, 0.3) is 0 Å². The zero-order valence-corrected chi connectivity index (χ0v) is 14.5. The molecule has 2 saturated heterocycles. The number of nitrogens with zero attached hydrogens (tertiary/aromatic N) is 1. The number of ketones is 2. The van der Waals surface area contributed by atoms with Crippen LogP contribution >= 0.6 is 0 Å². The van der Waals surface area contributed by atoms with Gasteiger partial charge in [-0.05, 0) is 19.1 Å². The number of nitrogens with one attached hydrogen (secondary N) is 1. The standard InChI is InChI=1S/C21H16N2O4/c1-11-15-16(20(27)23(19(15)26)12-7-3-2-4-8-12)21(22-11)17(24)13-9-5-6-10-14(13)18(21)25/h2-11,15-16,22H,1H3/t11-,15-,16+/m1/s1. The Balaban J connectivity index is 1.67. The molecule has 2 fully saturated rings. The van der Waals surface area contributed by atoms with Gasteiger partial charge in [0.2, 0.25) is 11.8 Å². The number of amides is 2. The zero-order valence-electron chi connectivity index (χ0n) is 14.5. The molecular formula is C21H16N2O4. The van der Waals surface area contributed by atoms with Gasteiger partial charge in [-0.15, -0.1) is 0 Å². The van der Waals surface area contributed by atoms with Crippen LogP contribution in [0.2, 0.25) is 0 Å². The van der Waals surface area contributed by atoms with Gasteiger partial charge in [0, 0.05) is 17.2 Å². The van der Waals surface area contributed by atoms with E-state index in [0.717, 1.165) is 4.90 Å². The molecule has 2 aromatic carbocycles. The summed E-state index contributed by atoms with van der Waals surface area (Å²) in [5, 5.41) is 3.04. The summed E-state index contributed by atoms with van der Waals surface area (Å²) in [6.07, 6.45) is 0. The average Bonchev–Trinajstić information content (AvgIpc) is 3.22. The molecule has 1 spiro atoms. The number of hydrogen-bond acceptors (Lipinski definition) is 5. The van der Waals surface area contributed by atoms with Gasteiger partial charge < -0.3 is 0 Å². The molecule has 0 unspecified atom stereocenters. The second-order valence-corrected chi connectivity index (χ2v) is 7.30. The maximum Gasteiger partial charge on any atom is 0.240 e. The minimum atomic E-state index is -1.69. The molecule has 3 atom stereocenters. The average molecular weight is 360 g/mol. The monoisotopic (exact) mass is 360 g/mol. The molecule has 2 aromatic rings. The molecule has 27 heavy (non-hydrogen) atoms. The number of anilines is 1. The van der Waals surface area contributed by atoms with Crippen molar-refractivity contribution in [2.24, 2.45) is 11.8 Å². The Morgan fingerprint density at radius 2 is 1.37 bits per heavy atom. The summed E-state index contributed by atoms with van der Waals surface area (Å²) in [7, 11) is 0. The predicted octanol–water partition coefficient (Wildman–Crippen LogP) is 1.60. The lowest BCUT2D eigenvalue weighted by Crippen LogP contribution is -2.58. The van der Waals surface area contributed by atoms with E-state index in [1.807, 2.05) is 0 Å². The highest BCUT2D eigenvalue weighted by Gasteiger charge is 2.72. The highest BCUT2D eigenvalue weighted by Crippen LogP contribution is 2.49. The molecule has 2 amide bonds. The minimum absolute atomic E-state index is 0.307. The number of hydrogen-bond donors (Lipinski definition) is 1. The van der Waals surface area contributed by atoms with Gasteiger partial charge in [-0.1, -0.05) is 42.5 Å². The van der Waals surface area contributed by atoms with Crippen molar-refractivity contribution in [1.29, 1.82) is 0 Å². The van der Waals surface area contributed by atoms with Crippen molar-refractivity contribution in [3.05, 3.63) is 65.7 Å². The van der Waals surface area contributed by atoms with Crippen LogP contribution in [-0.4, -0.2) is 35.0 Å². The van der Waals surface area contributed by atoms with Crippen LogP contribution < -0.4 is 10.2 Å². The first-order chi connectivity index (χ1) is 13.0. The van der Waals surface area contributed by atoms with Crippen molar-refractivity contribution in [2.75, 3.05) is 4.90 Å². The number of fused-ring (bicyclic) bond motifs is 3. The maximum atomic E-state index is 13.3. The number of carbonyl (C=O) groups is 4. The lowest BCUT2D eigenvalue weighted by atomic mass is 9.77. The highest BCUT2D eigenvalue weighted by atomic mass is 16.2. The number of imide groups is 1. The molecule has 5 rings (SSSR count). The normalized spacial score (nSPS) is 28.2. The SMILES string of the molecule is C[C@H]1NC2(C(=O)c3ccccc3C2=O)[C@@H]2C(=O)N(c3ccccc3)C(=O)[C@@H]21. The summed E-state index contributed by atoms with van der Waals surface area (Å²) in [5.74, 6) is -3.49. The summed E-state index contributed by atoms with van der Waals surface area (Å²) in [6.45, 7) is 1.75. The van der Waals surface area contributed by atoms with E-state index in [-0.39, 0.29) is 5.91 Å². The molecule has 2 heterocycles. The molecule has 0 saturated carbocycles. The van der Waals surface area contributed by atoms with Gasteiger partial charge in [0.05, 0.1) is 17.5 Å². The third-order valence-corrected chi connectivity index (χ3v) is 5.96. The second kappa shape index (κ2) is 5.20. The second-order valence-electron chi connectivity index (χ2n) is 7.30. The molecule has 1 aliphatic carbocycles. The molecule has 1 N–H and O–H groups in total. The Bertz CT molecular complexity index is 994. The van der Waals surface area contributed by atoms with Gasteiger partial charge in [-0.3, -0.25) is 24.5 Å². The van der Waals surface area contributed by atoms with E-state index < -0.39 is 40.9 Å². The van der Waals surface area contributed by atoms with Crippen LogP contribution in [0, 0.1) is 11.8 Å². The van der Waals surface area contributed by atoms with Crippen LogP contribution in [0.5, 0.6) is 0 Å². The van der Waals surface area contributed by atoms with Gasteiger partial charge in [0.15, 0.2) is 17.1 Å². The molecule has 0 bridgehead atoms. The van der Waals surface area contributed by atoms with Gasteiger partial charge in [-0.25, -0.2) is 4.90 Å². The highest BCUT2D eigenvalue weighted by molar-refractivity contribution is 6.37. The van der Waals surface area contributed by atoms with Gasteiger partial charge >= 0.3 is 0 Å². The van der Waals surface area contributed by atoms with Gasteiger partial charge in [0.25, 0.3) is 0 Å². The lowest BCUT2D eigenvalue weighted by Gasteiger charge is -2.27. The molecule has 2 aliphatic heterocycles. The van der Waals surface area contributed by atoms with Crippen molar-refractivity contribution >= 4 is 29.1 Å². The molecule has 6 heteroatoms. The van der Waals surface area contributed by atoms with E-state index in [1.54, 1.807) is 61.5 Å². The van der Waals surface area contributed by atoms with Gasteiger partial charge in [-0.2, -0.15) is 0 Å². The Hall–Kier alpha value is -3.12. The first-order valence-corrected chi connectivity index (χ1v) is 8.87. The van der Waals surface area contributed by atoms with Crippen molar-refractivity contribution in [3.8, 4) is 0 Å². The summed E-state index contributed by atoms with van der Waals surface area (Å²) in [6, 6.07) is 14.7. The van der Waals surface area contributed by atoms with Crippen molar-refractivity contribution in [3.63, 3.8) is 0 Å². The number of benzene rings is 2. The van der Waals surface area contributed by atoms with Crippen LogP contribution in [-0.2, 0) is 9.59 Å². The minimum Gasteiger partial charge on any atom is -0.294 e. The molecule has 3 aliphatic rings. The van der Waals surface area contributed by atoms with E-state index in [2.05, 4.69) is 5.32 Å². The van der Waals surface area contributed by atoms with Crippen LogP contribution in [0.3, 0.4) is 0 Å². The fourth-order valence-corrected chi connectivity index (χ4v) is 4.84. The Kier molecular flexibility index (Phi) is 3.10. The van der Waals surface area contributed by atoms with Gasteiger partial charge in [0.1, 0.15) is 0 Å². The fourth-order valence-electron chi connectivity index (χ4n) is 4.84. The summed E-state index contributed by atoms with van der Waals surface area (Å²) in [5.41, 5.74) is -0.619. The first-order valence-electron chi connectivity index (χ1n) is 8.87. The topological polar surface area (TPSA) is 83.6 Å². The Labute approximate surface area is 155 Å². The number of carbonyl (C=O) groups excluding carboxylic acids is 4.